The molecule has 0 radical (unpaired) electrons. The summed E-state index contributed by atoms with van der Waals surface area (Å²) in [6.07, 6.45) is 3.47. The summed E-state index contributed by atoms with van der Waals surface area (Å²) in [7, 11) is 1.79. The topological polar surface area (TPSA) is 21.3 Å². The fraction of sp³-hybridized carbons (Fsp3) is 0.333. The minimum atomic E-state index is -0.249. The lowest BCUT2D eigenvalue weighted by atomic mass is 10.1. The molecule has 0 saturated carbocycles. The molecule has 0 atom stereocenters. The number of nitrogens with one attached hydrogen (secondary N) is 1. The van der Waals surface area contributed by atoms with Gasteiger partial charge in [-0.15, -0.1) is 0 Å². The lowest BCUT2D eigenvalue weighted by Crippen LogP contribution is -2.08. The first-order valence-electron chi connectivity index (χ1n) is 7.43. The van der Waals surface area contributed by atoms with Crippen LogP contribution in [0.2, 0.25) is 0 Å². The first kappa shape index (κ1) is 15.5. The highest BCUT2D eigenvalue weighted by Crippen LogP contribution is 2.27. The smallest absolute Gasteiger partial charge is 0.134 e. The summed E-state index contributed by atoms with van der Waals surface area (Å²) in [6, 6.07) is 12.9. The average Bonchev–Trinajstić information content (AvgIpc) is 2.50. The van der Waals surface area contributed by atoms with E-state index in [1.165, 1.54) is 24.5 Å². The molecule has 1 N–H and O–H groups in total. The third-order valence-corrected chi connectivity index (χ3v) is 3.40. The van der Waals surface area contributed by atoms with Crippen molar-refractivity contribution < 1.29 is 9.13 Å². The van der Waals surface area contributed by atoms with Crippen LogP contribution in [0, 0.1) is 5.82 Å². The van der Waals surface area contributed by atoms with Gasteiger partial charge in [-0.25, -0.2) is 4.39 Å². The van der Waals surface area contributed by atoms with Crippen LogP contribution in [-0.4, -0.2) is 7.05 Å². The zero-order chi connectivity index (χ0) is 15.1. The molecule has 0 fully saturated rings. The largest absolute Gasteiger partial charge is 0.457 e. The van der Waals surface area contributed by atoms with Gasteiger partial charge < -0.3 is 10.1 Å². The highest BCUT2D eigenvalue weighted by atomic mass is 19.1. The van der Waals surface area contributed by atoms with E-state index in [0.29, 0.717) is 17.9 Å². The number of hydrogen-bond acceptors (Lipinski definition) is 2. The van der Waals surface area contributed by atoms with Crippen molar-refractivity contribution in [1.29, 1.82) is 0 Å². The Morgan fingerprint density at radius 2 is 1.86 bits per heavy atom. The van der Waals surface area contributed by atoms with Gasteiger partial charge in [0.2, 0.25) is 0 Å². The molecule has 2 aromatic carbocycles. The summed E-state index contributed by atoms with van der Waals surface area (Å²) in [5.74, 6) is 1.05. The number of aryl methyl sites for hydroxylation is 1. The van der Waals surface area contributed by atoms with E-state index in [1.807, 2.05) is 12.1 Å². The van der Waals surface area contributed by atoms with E-state index in [-0.39, 0.29) is 5.82 Å². The van der Waals surface area contributed by atoms with Crippen molar-refractivity contribution in [2.24, 2.45) is 0 Å². The number of ether oxygens (including phenoxy) is 1. The molecule has 21 heavy (non-hydrogen) atoms. The van der Waals surface area contributed by atoms with Crippen LogP contribution in [0.4, 0.5) is 4.39 Å². The second kappa shape index (κ2) is 7.79. The van der Waals surface area contributed by atoms with Gasteiger partial charge in [0.25, 0.3) is 0 Å². The highest BCUT2D eigenvalue weighted by Gasteiger charge is 2.09. The fourth-order valence-corrected chi connectivity index (χ4v) is 2.21. The van der Waals surface area contributed by atoms with E-state index < -0.39 is 0 Å². The Bertz CT molecular complexity index is 566. The number of hydrogen-bond donors (Lipinski definition) is 1. The van der Waals surface area contributed by atoms with Crippen LogP contribution in [0.5, 0.6) is 11.5 Å². The van der Waals surface area contributed by atoms with Crippen LogP contribution >= 0.6 is 0 Å². The predicted octanol–water partition coefficient (Wildman–Crippen LogP) is 4.68. The van der Waals surface area contributed by atoms with Gasteiger partial charge in [0.15, 0.2) is 0 Å². The van der Waals surface area contributed by atoms with Crippen molar-refractivity contribution in [3.05, 3.63) is 59.4 Å². The van der Waals surface area contributed by atoms with Crippen molar-refractivity contribution in [3.8, 4) is 11.5 Å². The summed E-state index contributed by atoms with van der Waals surface area (Å²) >= 11 is 0. The van der Waals surface area contributed by atoms with Gasteiger partial charge in [-0.3, -0.25) is 0 Å². The lowest BCUT2D eigenvalue weighted by molar-refractivity contribution is 0.464. The summed E-state index contributed by atoms with van der Waals surface area (Å²) in [5.41, 5.74) is 1.86. The Morgan fingerprint density at radius 3 is 2.52 bits per heavy atom. The van der Waals surface area contributed by atoms with Crippen molar-refractivity contribution in [2.75, 3.05) is 7.05 Å². The van der Waals surface area contributed by atoms with Crippen LogP contribution in [-0.2, 0) is 13.0 Å². The van der Waals surface area contributed by atoms with Gasteiger partial charge >= 0.3 is 0 Å². The summed E-state index contributed by atoms with van der Waals surface area (Å²) in [5, 5.41) is 2.96. The average molecular weight is 287 g/mol. The molecule has 0 saturated heterocycles. The second-order valence-corrected chi connectivity index (χ2v) is 5.10. The van der Waals surface area contributed by atoms with Gasteiger partial charge in [-0.05, 0) is 49.7 Å². The number of benzene rings is 2. The molecule has 0 unspecified atom stereocenters. The summed E-state index contributed by atoms with van der Waals surface area (Å²) in [4.78, 5) is 0. The van der Waals surface area contributed by atoms with Crippen LogP contribution in [0.25, 0.3) is 0 Å². The lowest BCUT2D eigenvalue weighted by Gasteiger charge is -2.12. The first-order chi connectivity index (χ1) is 10.2. The number of rotatable bonds is 7. The molecular weight excluding hydrogens is 265 g/mol. The standard InChI is InChI=1S/C18H22FNO/c1-3-4-6-14-9-11-15(12-10-14)21-18-8-5-7-17(19)16(18)13-20-2/h5,7-12,20H,3-4,6,13H2,1-2H3. The molecule has 2 aromatic rings. The quantitative estimate of drug-likeness (QED) is 0.798. The maximum atomic E-state index is 13.8. The fourth-order valence-electron chi connectivity index (χ4n) is 2.21. The molecule has 112 valence electrons. The maximum absolute atomic E-state index is 13.8. The van der Waals surface area contributed by atoms with E-state index in [2.05, 4.69) is 24.4 Å². The molecular formula is C18H22FNO. The van der Waals surface area contributed by atoms with E-state index in [0.717, 1.165) is 12.2 Å². The first-order valence-corrected chi connectivity index (χ1v) is 7.43. The SMILES string of the molecule is CCCCc1ccc(Oc2cccc(F)c2CNC)cc1. The molecule has 3 heteroatoms. The van der Waals surface area contributed by atoms with Crippen molar-refractivity contribution in [2.45, 2.75) is 32.7 Å². The minimum Gasteiger partial charge on any atom is -0.457 e. The van der Waals surface area contributed by atoms with Crippen molar-refractivity contribution in [3.63, 3.8) is 0 Å². The molecule has 0 aliphatic carbocycles. The monoisotopic (exact) mass is 287 g/mol. The molecule has 0 aromatic heterocycles. The predicted molar refractivity (Wildman–Crippen MR) is 84.3 cm³/mol. The third-order valence-electron chi connectivity index (χ3n) is 3.40. The Hall–Kier alpha value is -1.87. The minimum absolute atomic E-state index is 0.249. The van der Waals surface area contributed by atoms with Gasteiger partial charge in [0.05, 0.1) is 0 Å². The molecule has 2 nitrogen and oxygen atoms in total. The van der Waals surface area contributed by atoms with Gasteiger partial charge in [-0.2, -0.15) is 0 Å². The molecule has 2 rings (SSSR count). The van der Waals surface area contributed by atoms with Crippen LogP contribution in [0.3, 0.4) is 0 Å². The maximum Gasteiger partial charge on any atom is 0.134 e. The summed E-state index contributed by atoms with van der Waals surface area (Å²) < 4.78 is 19.6. The van der Waals surface area contributed by atoms with Crippen molar-refractivity contribution >= 4 is 0 Å². The highest BCUT2D eigenvalue weighted by molar-refractivity contribution is 5.39. The molecule has 0 amide bonds. The Labute approximate surface area is 126 Å². The molecule has 0 bridgehead atoms. The Balaban J connectivity index is 2.12. The van der Waals surface area contributed by atoms with Crippen LogP contribution < -0.4 is 10.1 Å². The second-order valence-electron chi connectivity index (χ2n) is 5.10. The number of unbranched alkanes of at least 4 members (excludes halogenated alkanes) is 1. The zero-order valence-corrected chi connectivity index (χ0v) is 12.7. The van der Waals surface area contributed by atoms with Gasteiger partial charge in [0.1, 0.15) is 17.3 Å². The Kier molecular flexibility index (Phi) is 5.76. The van der Waals surface area contributed by atoms with E-state index in [9.17, 15) is 4.39 Å². The van der Waals surface area contributed by atoms with Crippen molar-refractivity contribution in [1.82, 2.24) is 5.32 Å². The van der Waals surface area contributed by atoms with Gasteiger partial charge in [0, 0.05) is 12.1 Å². The molecule has 0 aliphatic heterocycles. The zero-order valence-electron chi connectivity index (χ0n) is 12.7. The molecule has 0 spiro atoms. The van der Waals surface area contributed by atoms with Crippen LogP contribution in [0.15, 0.2) is 42.5 Å². The molecule has 0 heterocycles. The van der Waals surface area contributed by atoms with Crippen LogP contribution in [0.1, 0.15) is 30.9 Å². The number of halogens is 1. The Morgan fingerprint density at radius 1 is 1.10 bits per heavy atom. The summed E-state index contributed by atoms with van der Waals surface area (Å²) in [6.45, 7) is 2.63. The van der Waals surface area contributed by atoms with E-state index in [1.54, 1.807) is 19.2 Å². The van der Waals surface area contributed by atoms with Gasteiger partial charge in [-0.1, -0.05) is 31.5 Å². The van der Waals surface area contributed by atoms with E-state index in [4.69, 9.17) is 4.74 Å². The normalized spacial score (nSPS) is 10.6. The third kappa shape index (κ3) is 4.30. The van der Waals surface area contributed by atoms with E-state index >= 15 is 0 Å². The molecule has 0 aliphatic rings.